The number of aliphatic carboxylic acids is 1. The fraction of sp³-hybridized carbons (Fsp3) is 0.412. The van der Waals surface area contributed by atoms with Gasteiger partial charge in [0.25, 0.3) is 0 Å². The number of carbonyl (C=O) groups is 2. The van der Waals surface area contributed by atoms with Crippen molar-refractivity contribution in [2.75, 3.05) is 11.5 Å². The minimum absolute atomic E-state index is 0.0217. The van der Waals surface area contributed by atoms with Gasteiger partial charge in [-0.25, -0.2) is 4.39 Å². The standard InChI is InChI=1S/C17H18FNO4S/c1-9-11(8-14(21)22)15-12(2-3-13(20)16(15)18)19(9)17(23)10-4-6-24-7-5-10/h2-3,10,20H,4-8H2,1H3,(H,21,22). The molecule has 1 saturated heterocycles. The summed E-state index contributed by atoms with van der Waals surface area (Å²) in [5.74, 6) is -0.987. The molecule has 7 heteroatoms. The molecule has 2 N–H and O–H groups in total. The molecule has 128 valence electrons. The molecule has 1 aliphatic rings. The Morgan fingerprint density at radius 1 is 1.33 bits per heavy atom. The SMILES string of the molecule is Cc1c(CC(=O)O)c2c(F)c(O)ccc2n1C(=O)C1CCSCC1. The minimum atomic E-state index is -1.11. The van der Waals surface area contributed by atoms with Crippen molar-refractivity contribution in [2.45, 2.75) is 26.2 Å². The number of halogens is 1. The number of fused-ring (bicyclic) bond motifs is 1. The van der Waals surface area contributed by atoms with Gasteiger partial charge < -0.3 is 10.2 Å². The number of aromatic hydroxyl groups is 1. The van der Waals surface area contributed by atoms with Crippen LogP contribution in [0.15, 0.2) is 12.1 Å². The van der Waals surface area contributed by atoms with Gasteiger partial charge in [0.05, 0.1) is 11.9 Å². The molecule has 1 fully saturated rings. The Labute approximate surface area is 142 Å². The molecule has 0 amide bonds. The lowest BCUT2D eigenvalue weighted by Gasteiger charge is -2.21. The molecule has 0 aliphatic carbocycles. The fourth-order valence-corrected chi connectivity index (χ4v) is 4.41. The molecule has 0 radical (unpaired) electrons. The quantitative estimate of drug-likeness (QED) is 0.888. The number of benzene rings is 1. The second kappa shape index (κ2) is 6.47. The topological polar surface area (TPSA) is 79.5 Å². The highest BCUT2D eigenvalue weighted by Crippen LogP contribution is 2.35. The summed E-state index contributed by atoms with van der Waals surface area (Å²) in [6.07, 6.45) is 1.12. The van der Waals surface area contributed by atoms with Gasteiger partial charge in [-0.1, -0.05) is 0 Å². The number of phenols is 1. The summed E-state index contributed by atoms with van der Waals surface area (Å²) in [6.45, 7) is 1.63. The van der Waals surface area contributed by atoms with Crippen LogP contribution in [0.4, 0.5) is 4.39 Å². The van der Waals surface area contributed by atoms with E-state index in [1.807, 2.05) is 0 Å². The van der Waals surface area contributed by atoms with E-state index in [1.165, 1.54) is 16.7 Å². The highest BCUT2D eigenvalue weighted by molar-refractivity contribution is 7.99. The number of rotatable bonds is 3. The molecule has 0 bridgehead atoms. The van der Waals surface area contributed by atoms with Crippen LogP contribution in [-0.4, -0.2) is 38.2 Å². The summed E-state index contributed by atoms with van der Waals surface area (Å²) < 4.78 is 15.9. The second-order valence-electron chi connectivity index (χ2n) is 5.99. The number of nitrogens with zero attached hydrogens (tertiary/aromatic N) is 1. The van der Waals surface area contributed by atoms with Gasteiger partial charge in [-0.15, -0.1) is 0 Å². The molecule has 24 heavy (non-hydrogen) atoms. The predicted octanol–water partition coefficient (Wildman–Crippen LogP) is 3.20. The van der Waals surface area contributed by atoms with E-state index in [1.54, 1.807) is 18.7 Å². The third-order valence-corrected chi connectivity index (χ3v) is 5.58. The van der Waals surface area contributed by atoms with Gasteiger partial charge >= 0.3 is 5.97 Å². The summed E-state index contributed by atoms with van der Waals surface area (Å²) in [6, 6.07) is 2.67. The van der Waals surface area contributed by atoms with Crippen molar-refractivity contribution < 1.29 is 24.2 Å². The lowest BCUT2D eigenvalue weighted by atomic mass is 10.0. The molecule has 3 rings (SSSR count). The minimum Gasteiger partial charge on any atom is -0.505 e. The normalized spacial score (nSPS) is 15.8. The van der Waals surface area contributed by atoms with Gasteiger partial charge in [-0.05, 0) is 49.0 Å². The van der Waals surface area contributed by atoms with Gasteiger partial charge in [0, 0.05) is 17.0 Å². The number of phenolic OH excluding ortho intramolecular Hbond substituents is 1. The second-order valence-corrected chi connectivity index (χ2v) is 7.21. The Kier molecular flexibility index (Phi) is 4.54. The summed E-state index contributed by atoms with van der Waals surface area (Å²) in [5, 5.41) is 18.8. The predicted molar refractivity (Wildman–Crippen MR) is 90.3 cm³/mol. The maximum Gasteiger partial charge on any atom is 0.307 e. The van der Waals surface area contributed by atoms with Crippen molar-refractivity contribution in [3.63, 3.8) is 0 Å². The number of carboxylic acids is 1. The molecule has 0 spiro atoms. The summed E-state index contributed by atoms with van der Waals surface area (Å²) in [7, 11) is 0. The van der Waals surface area contributed by atoms with E-state index in [0.29, 0.717) is 11.2 Å². The average molecular weight is 351 g/mol. The van der Waals surface area contributed by atoms with E-state index in [9.17, 15) is 19.1 Å². The van der Waals surface area contributed by atoms with E-state index < -0.39 is 24.0 Å². The van der Waals surface area contributed by atoms with Crippen LogP contribution >= 0.6 is 11.8 Å². The Hall–Kier alpha value is -2.02. The molecule has 0 saturated carbocycles. The maximum absolute atomic E-state index is 14.4. The first-order valence-corrected chi connectivity index (χ1v) is 8.92. The van der Waals surface area contributed by atoms with Crippen LogP contribution < -0.4 is 0 Å². The zero-order valence-corrected chi connectivity index (χ0v) is 14.0. The number of thioether (sulfide) groups is 1. The van der Waals surface area contributed by atoms with Crippen molar-refractivity contribution in [3.8, 4) is 5.75 Å². The Morgan fingerprint density at radius 2 is 2.00 bits per heavy atom. The van der Waals surface area contributed by atoms with Gasteiger partial charge in [-0.3, -0.25) is 14.2 Å². The molecule has 0 atom stereocenters. The first-order chi connectivity index (χ1) is 11.4. The molecule has 1 aromatic carbocycles. The van der Waals surface area contributed by atoms with Crippen molar-refractivity contribution >= 4 is 34.5 Å². The van der Waals surface area contributed by atoms with Crippen LogP contribution in [0.2, 0.25) is 0 Å². The number of carboxylic acid groups (broad SMARTS) is 1. The van der Waals surface area contributed by atoms with Crippen LogP contribution in [0.3, 0.4) is 0 Å². The maximum atomic E-state index is 14.4. The van der Waals surface area contributed by atoms with Crippen molar-refractivity contribution in [1.82, 2.24) is 4.57 Å². The average Bonchev–Trinajstić information content (AvgIpc) is 2.83. The Morgan fingerprint density at radius 3 is 2.62 bits per heavy atom. The zero-order chi connectivity index (χ0) is 17.4. The smallest absolute Gasteiger partial charge is 0.307 e. The summed E-state index contributed by atoms with van der Waals surface area (Å²) in [5.41, 5.74) is 0.992. The van der Waals surface area contributed by atoms with Crippen LogP contribution in [0.5, 0.6) is 5.75 Å². The number of carbonyl (C=O) groups excluding carboxylic acids is 1. The van der Waals surface area contributed by atoms with Crippen molar-refractivity contribution in [3.05, 3.63) is 29.2 Å². The number of hydrogen-bond donors (Lipinski definition) is 2. The summed E-state index contributed by atoms with van der Waals surface area (Å²) in [4.78, 5) is 24.1. The molecule has 1 aliphatic heterocycles. The molecular formula is C17H18FNO4S. The van der Waals surface area contributed by atoms with E-state index in [0.717, 1.165) is 24.3 Å². The molecule has 1 aromatic heterocycles. The number of hydrogen-bond acceptors (Lipinski definition) is 4. The van der Waals surface area contributed by atoms with Gasteiger partial charge in [0.1, 0.15) is 0 Å². The first kappa shape index (κ1) is 16.8. The molecular weight excluding hydrogens is 333 g/mol. The van der Waals surface area contributed by atoms with E-state index in [-0.39, 0.29) is 22.8 Å². The first-order valence-electron chi connectivity index (χ1n) is 7.77. The van der Waals surface area contributed by atoms with Crippen LogP contribution in [0.1, 0.15) is 28.9 Å². The molecule has 2 aromatic rings. The zero-order valence-electron chi connectivity index (χ0n) is 13.2. The van der Waals surface area contributed by atoms with Gasteiger partial charge in [0.15, 0.2) is 11.6 Å². The van der Waals surface area contributed by atoms with Gasteiger partial charge in [-0.2, -0.15) is 11.8 Å². The lowest BCUT2D eigenvalue weighted by molar-refractivity contribution is -0.136. The monoisotopic (exact) mass is 351 g/mol. The number of aromatic nitrogens is 1. The molecule has 5 nitrogen and oxygen atoms in total. The third-order valence-electron chi connectivity index (χ3n) is 4.53. The van der Waals surface area contributed by atoms with Crippen LogP contribution in [-0.2, 0) is 11.2 Å². The van der Waals surface area contributed by atoms with E-state index in [4.69, 9.17) is 5.11 Å². The van der Waals surface area contributed by atoms with Crippen LogP contribution in [0, 0.1) is 18.7 Å². The highest BCUT2D eigenvalue weighted by atomic mass is 32.2. The van der Waals surface area contributed by atoms with Gasteiger partial charge in [0.2, 0.25) is 5.91 Å². The fourth-order valence-electron chi connectivity index (χ4n) is 3.30. The van der Waals surface area contributed by atoms with E-state index in [2.05, 4.69) is 0 Å². The van der Waals surface area contributed by atoms with E-state index >= 15 is 0 Å². The Bertz CT molecular complexity index is 824. The van der Waals surface area contributed by atoms with Crippen LogP contribution in [0.25, 0.3) is 10.9 Å². The third kappa shape index (κ3) is 2.77. The summed E-state index contributed by atoms with van der Waals surface area (Å²) >= 11 is 1.80. The van der Waals surface area contributed by atoms with Crippen molar-refractivity contribution in [2.24, 2.45) is 5.92 Å². The largest absolute Gasteiger partial charge is 0.505 e. The highest BCUT2D eigenvalue weighted by Gasteiger charge is 2.29. The molecule has 2 heterocycles. The molecule has 0 unspecified atom stereocenters. The Balaban J connectivity index is 2.20. The van der Waals surface area contributed by atoms with Crippen molar-refractivity contribution in [1.29, 1.82) is 0 Å². The lowest BCUT2D eigenvalue weighted by Crippen LogP contribution is -2.26.